The van der Waals surface area contributed by atoms with Gasteiger partial charge in [-0.25, -0.2) is 0 Å². The Morgan fingerprint density at radius 3 is 2.83 bits per heavy atom. The van der Waals surface area contributed by atoms with E-state index in [9.17, 15) is 5.11 Å². The molecule has 4 nitrogen and oxygen atoms in total. The van der Waals surface area contributed by atoms with Crippen LogP contribution in [0.5, 0.6) is 0 Å². The van der Waals surface area contributed by atoms with Crippen molar-refractivity contribution in [2.24, 2.45) is 5.92 Å². The number of nitrogens with one attached hydrogen (secondary N) is 1. The van der Waals surface area contributed by atoms with Gasteiger partial charge in [0.25, 0.3) is 0 Å². The van der Waals surface area contributed by atoms with Crippen LogP contribution in [-0.2, 0) is 13.1 Å². The topological polar surface area (TPSA) is 50.1 Å². The van der Waals surface area contributed by atoms with Gasteiger partial charge >= 0.3 is 0 Å². The van der Waals surface area contributed by atoms with E-state index in [-0.39, 0.29) is 0 Å². The third-order valence-corrected chi connectivity index (χ3v) is 2.82. The van der Waals surface area contributed by atoms with Crippen LogP contribution < -0.4 is 5.32 Å². The Kier molecular flexibility index (Phi) is 5.82. The average Bonchev–Trinajstić information content (AvgIpc) is 2.64. The second-order valence-electron chi connectivity index (χ2n) is 5.81. The zero-order valence-electron chi connectivity index (χ0n) is 12.1. The largest absolute Gasteiger partial charge is 0.389 e. The number of nitrogens with zero attached hydrogens (tertiary/aromatic N) is 2. The van der Waals surface area contributed by atoms with Crippen LogP contribution in [-0.4, -0.2) is 27.0 Å². The molecule has 1 heterocycles. The second kappa shape index (κ2) is 6.90. The van der Waals surface area contributed by atoms with Crippen molar-refractivity contribution >= 4 is 0 Å². The molecule has 0 fully saturated rings. The van der Waals surface area contributed by atoms with Gasteiger partial charge in [-0.05, 0) is 25.7 Å². The van der Waals surface area contributed by atoms with Gasteiger partial charge in [0, 0.05) is 31.4 Å². The molecule has 104 valence electrons. The van der Waals surface area contributed by atoms with Crippen LogP contribution in [0.25, 0.3) is 0 Å². The smallest absolute Gasteiger partial charge is 0.0746 e. The van der Waals surface area contributed by atoms with Crippen molar-refractivity contribution < 1.29 is 5.11 Å². The Bertz CT molecular complexity index is 345. The van der Waals surface area contributed by atoms with E-state index >= 15 is 0 Å². The Labute approximate surface area is 110 Å². The highest BCUT2D eigenvalue weighted by atomic mass is 16.3. The fraction of sp³-hybridized carbons (Fsp3) is 0.786. The molecule has 0 saturated heterocycles. The Balaban J connectivity index is 2.32. The molecule has 0 amide bonds. The quantitative estimate of drug-likeness (QED) is 0.746. The molecule has 0 aliphatic heterocycles. The molecule has 0 aliphatic rings. The van der Waals surface area contributed by atoms with Gasteiger partial charge in [-0.1, -0.05) is 20.8 Å². The monoisotopic (exact) mass is 253 g/mol. The second-order valence-corrected chi connectivity index (χ2v) is 5.81. The van der Waals surface area contributed by atoms with Crippen LogP contribution >= 0.6 is 0 Å². The zero-order valence-corrected chi connectivity index (χ0v) is 12.1. The number of rotatable bonds is 8. The van der Waals surface area contributed by atoms with E-state index in [2.05, 4.69) is 37.4 Å². The maximum absolute atomic E-state index is 10.2. The summed E-state index contributed by atoms with van der Waals surface area (Å²) in [5, 5.41) is 17.8. The normalized spacial score (nSPS) is 15.0. The van der Waals surface area contributed by atoms with Gasteiger partial charge in [0.05, 0.1) is 11.8 Å². The summed E-state index contributed by atoms with van der Waals surface area (Å²) in [6.07, 6.45) is 5.86. The molecule has 2 N–H and O–H groups in total. The molecule has 0 aromatic carbocycles. The number of aromatic nitrogens is 2. The highest BCUT2D eigenvalue weighted by Crippen LogP contribution is 2.15. The number of aryl methyl sites for hydroxylation is 1. The highest BCUT2D eigenvalue weighted by molar-refractivity contribution is 5.03. The van der Waals surface area contributed by atoms with Crippen molar-refractivity contribution in [2.45, 2.75) is 59.2 Å². The lowest BCUT2D eigenvalue weighted by Gasteiger charge is -2.25. The fourth-order valence-electron chi connectivity index (χ4n) is 2.28. The standard InChI is InChI=1S/C14H27N3O/c1-5-6-17-10-13(9-16-17)8-15-11-14(4,18)7-12(2)3/h9-10,12,15,18H,5-8,11H2,1-4H3. The van der Waals surface area contributed by atoms with E-state index in [1.54, 1.807) is 0 Å². The van der Waals surface area contributed by atoms with Gasteiger partial charge < -0.3 is 10.4 Å². The van der Waals surface area contributed by atoms with Crippen LogP contribution in [0.2, 0.25) is 0 Å². The lowest BCUT2D eigenvalue weighted by molar-refractivity contribution is 0.0383. The highest BCUT2D eigenvalue weighted by Gasteiger charge is 2.21. The molecule has 0 saturated carbocycles. The zero-order chi connectivity index (χ0) is 13.6. The summed E-state index contributed by atoms with van der Waals surface area (Å²) >= 11 is 0. The number of hydrogen-bond donors (Lipinski definition) is 2. The third kappa shape index (κ3) is 5.65. The Hall–Kier alpha value is -0.870. The summed E-state index contributed by atoms with van der Waals surface area (Å²) in [5.41, 5.74) is 0.539. The number of aliphatic hydroxyl groups is 1. The lowest BCUT2D eigenvalue weighted by atomic mass is 9.94. The fourth-order valence-corrected chi connectivity index (χ4v) is 2.28. The molecular formula is C14H27N3O. The van der Waals surface area contributed by atoms with Gasteiger partial charge in [0.1, 0.15) is 0 Å². The SMILES string of the molecule is CCCn1cc(CNCC(C)(O)CC(C)C)cn1. The van der Waals surface area contributed by atoms with E-state index < -0.39 is 5.60 Å². The van der Waals surface area contributed by atoms with E-state index in [1.807, 2.05) is 17.8 Å². The van der Waals surface area contributed by atoms with E-state index in [4.69, 9.17) is 0 Å². The molecule has 1 aromatic heterocycles. The van der Waals surface area contributed by atoms with Crippen LogP contribution in [0.3, 0.4) is 0 Å². The molecule has 1 unspecified atom stereocenters. The molecule has 4 heteroatoms. The molecule has 1 rings (SSSR count). The number of hydrogen-bond acceptors (Lipinski definition) is 3. The Morgan fingerprint density at radius 2 is 2.22 bits per heavy atom. The molecule has 1 atom stereocenters. The van der Waals surface area contributed by atoms with Crippen LogP contribution in [0.4, 0.5) is 0 Å². The van der Waals surface area contributed by atoms with Crippen molar-refractivity contribution in [3.63, 3.8) is 0 Å². The van der Waals surface area contributed by atoms with Gasteiger partial charge in [0.15, 0.2) is 0 Å². The van der Waals surface area contributed by atoms with Crippen molar-refractivity contribution in [3.05, 3.63) is 18.0 Å². The minimum absolute atomic E-state index is 0.508. The van der Waals surface area contributed by atoms with Gasteiger partial charge in [-0.2, -0.15) is 5.10 Å². The van der Waals surface area contributed by atoms with Crippen molar-refractivity contribution in [1.29, 1.82) is 0 Å². The lowest BCUT2D eigenvalue weighted by Crippen LogP contribution is -2.38. The summed E-state index contributed by atoms with van der Waals surface area (Å²) in [4.78, 5) is 0. The first-order valence-electron chi connectivity index (χ1n) is 6.87. The first-order chi connectivity index (χ1) is 8.43. The van der Waals surface area contributed by atoms with Gasteiger partial charge in [-0.3, -0.25) is 4.68 Å². The first kappa shape index (κ1) is 15.2. The molecule has 0 radical (unpaired) electrons. The summed E-state index contributed by atoms with van der Waals surface area (Å²) in [6, 6.07) is 0. The predicted octanol–water partition coefficient (Wildman–Crippen LogP) is 2.18. The minimum Gasteiger partial charge on any atom is -0.389 e. The molecule has 1 aromatic rings. The van der Waals surface area contributed by atoms with Crippen molar-refractivity contribution in [2.75, 3.05) is 6.54 Å². The predicted molar refractivity (Wildman–Crippen MR) is 74.3 cm³/mol. The summed E-state index contributed by atoms with van der Waals surface area (Å²) in [5.74, 6) is 0.508. The third-order valence-electron chi connectivity index (χ3n) is 2.82. The first-order valence-corrected chi connectivity index (χ1v) is 6.87. The molecule has 18 heavy (non-hydrogen) atoms. The van der Waals surface area contributed by atoms with Crippen LogP contribution in [0.1, 0.15) is 46.1 Å². The van der Waals surface area contributed by atoms with Crippen molar-refractivity contribution in [3.8, 4) is 0 Å². The van der Waals surface area contributed by atoms with E-state index in [0.717, 1.165) is 25.9 Å². The summed E-state index contributed by atoms with van der Waals surface area (Å²) in [7, 11) is 0. The van der Waals surface area contributed by atoms with Gasteiger partial charge in [-0.15, -0.1) is 0 Å². The maximum atomic E-state index is 10.2. The average molecular weight is 253 g/mol. The molecule has 0 aliphatic carbocycles. The molecule has 0 spiro atoms. The van der Waals surface area contributed by atoms with E-state index in [0.29, 0.717) is 12.5 Å². The van der Waals surface area contributed by atoms with Crippen molar-refractivity contribution in [1.82, 2.24) is 15.1 Å². The summed E-state index contributed by atoms with van der Waals surface area (Å²) < 4.78 is 1.96. The maximum Gasteiger partial charge on any atom is 0.0746 e. The molecule has 0 bridgehead atoms. The van der Waals surface area contributed by atoms with E-state index in [1.165, 1.54) is 5.56 Å². The van der Waals surface area contributed by atoms with Crippen LogP contribution in [0, 0.1) is 5.92 Å². The molecular weight excluding hydrogens is 226 g/mol. The minimum atomic E-state index is -0.631. The summed E-state index contributed by atoms with van der Waals surface area (Å²) in [6.45, 7) is 10.6. The van der Waals surface area contributed by atoms with Crippen LogP contribution in [0.15, 0.2) is 12.4 Å². The van der Waals surface area contributed by atoms with Gasteiger partial charge in [0.2, 0.25) is 0 Å². The Morgan fingerprint density at radius 1 is 1.50 bits per heavy atom.